The van der Waals surface area contributed by atoms with E-state index in [0.29, 0.717) is 0 Å². The van der Waals surface area contributed by atoms with Crippen LogP contribution in [0, 0.1) is 0 Å². The molecule has 0 radical (unpaired) electrons. The van der Waals surface area contributed by atoms with Crippen molar-refractivity contribution in [1.29, 1.82) is 0 Å². The molecule has 1 heterocycles. The number of anilines is 3. The highest BCUT2D eigenvalue weighted by molar-refractivity contribution is 5.91. The summed E-state index contributed by atoms with van der Waals surface area (Å²) in [7, 11) is 0. The summed E-state index contributed by atoms with van der Waals surface area (Å²) in [5.74, 6) is 0. The Morgan fingerprint density at radius 1 is 0.571 bits per heavy atom. The number of fused-ring (bicyclic) bond motifs is 5. The van der Waals surface area contributed by atoms with Crippen molar-refractivity contribution in [3.05, 3.63) is 185 Å². The van der Waals surface area contributed by atoms with Crippen LogP contribution in [0.1, 0.15) is 79.0 Å². The normalized spacial score (nSPS) is 16.4. The van der Waals surface area contributed by atoms with E-state index in [2.05, 4.69) is 135 Å². The second kappa shape index (κ2) is 12.0. The van der Waals surface area contributed by atoms with E-state index in [1.54, 1.807) is 0 Å². The Bertz CT molecular complexity index is 2160. The van der Waals surface area contributed by atoms with Gasteiger partial charge in [-0.05, 0) is 80.4 Å². The minimum atomic E-state index is -0.378. The molecule has 0 amide bonds. The number of nitrogens with zero attached hydrogens (tertiary/aromatic N) is 2. The molecule has 0 spiro atoms. The number of hydrogen-bond acceptors (Lipinski definition) is 4. The highest BCUT2D eigenvalue weighted by Crippen LogP contribution is 2.57. The fourth-order valence-corrected chi connectivity index (χ4v) is 7.83. The van der Waals surface area contributed by atoms with E-state index in [9.17, 15) is 0 Å². The molecule has 242 valence electrons. The number of nitrogens with one attached hydrogen (secondary N) is 1. The average Bonchev–Trinajstić information content (AvgIpc) is 3.36. The predicted octanol–water partition coefficient (Wildman–Crippen LogP) is 10.5. The van der Waals surface area contributed by atoms with Crippen LogP contribution >= 0.6 is 0 Å². The summed E-state index contributed by atoms with van der Waals surface area (Å²) < 4.78 is 0. The predicted molar refractivity (Wildman–Crippen MR) is 204 cm³/mol. The fourth-order valence-electron chi connectivity index (χ4n) is 7.83. The summed E-state index contributed by atoms with van der Waals surface area (Å²) in [4.78, 5) is 7.46. The van der Waals surface area contributed by atoms with Crippen LogP contribution in [-0.2, 0) is 10.8 Å². The van der Waals surface area contributed by atoms with Gasteiger partial charge in [0.05, 0.1) is 17.5 Å². The summed E-state index contributed by atoms with van der Waals surface area (Å²) in [5.41, 5.74) is 21.2. The van der Waals surface area contributed by atoms with Crippen molar-refractivity contribution in [3.8, 4) is 11.1 Å². The molecule has 2 aliphatic rings. The molecule has 0 aromatic heterocycles. The Hall–Kier alpha value is -5.29. The zero-order valence-electron chi connectivity index (χ0n) is 28.6. The molecule has 2 atom stereocenters. The molecule has 0 saturated carbocycles. The van der Waals surface area contributed by atoms with Gasteiger partial charge < -0.3 is 10.6 Å². The monoisotopic (exact) mass is 638 g/mol. The Morgan fingerprint density at radius 2 is 1.18 bits per heavy atom. The van der Waals surface area contributed by atoms with Gasteiger partial charge in [0.2, 0.25) is 0 Å². The summed E-state index contributed by atoms with van der Waals surface area (Å²) in [5, 5.41) is 3.57. The van der Waals surface area contributed by atoms with Crippen molar-refractivity contribution in [1.82, 2.24) is 5.32 Å². The third-order valence-electron chi connectivity index (χ3n) is 10.6. The second-order valence-corrected chi connectivity index (χ2v) is 14.3. The van der Waals surface area contributed by atoms with Crippen LogP contribution in [0.5, 0.6) is 0 Å². The summed E-state index contributed by atoms with van der Waals surface area (Å²) >= 11 is 0. The molecule has 3 N–H and O–H groups in total. The number of para-hydroxylation sites is 1. The Morgan fingerprint density at radius 3 is 1.92 bits per heavy atom. The molecule has 1 aliphatic heterocycles. The highest BCUT2D eigenvalue weighted by Gasteiger charge is 2.42. The van der Waals surface area contributed by atoms with Crippen molar-refractivity contribution in [2.24, 2.45) is 10.7 Å². The van der Waals surface area contributed by atoms with E-state index in [4.69, 9.17) is 10.7 Å². The lowest BCUT2D eigenvalue weighted by atomic mass is 9.72. The quantitative estimate of drug-likeness (QED) is 0.135. The molecule has 0 saturated heterocycles. The van der Waals surface area contributed by atoms with Gasteiger partial charge in [0.25, 0.3) is 0 Å². The average molecular weight is 639 g/mol. The lowest BCUT2D eigenvalue weighted by Crippen LogP contribution is -2.32. The lowest BCUT2D eigenvalue weighted by Gasteiger charge is -2.43. The Kier molecular flexibility index (Phi) is 7.59. The molecule has 4 nitrogen and oxygen atoms in total. The minimum absolute atomic E-state index is 0.0925. The van der Waals surface area contributed by atoms with Crippen LogP contribution < -0.4 is 16.0 Å². The summed E-state index contributed by atoms with van der Waals surface area (Å²) in [6.45, 7) is 9.43. The number of rotatable bonds is 7. The maximum absolute atomic E-state index is 6.69. The number of nitrogens with two attached hydrogens (primary N) is 1. The Balaban J connectivity index is 1.22. The highest BCUT2D eigenvalue weighted by atomic mass is 15.2. The molecule has 1 aliphatic carbocycles. The van der Waals surface area contributed by atoms with Gasteiger partial charge in [-0.25, -0.2) is 0 Å². The van der Waals surface area contributed by atoms with Crippen molar-refractivity contribution in [2.45, 2.75) is 50.9 Å². The van der Waals surface area contributed by atoms with Gasteiger partial charge >= 0.3 is 0 Å². The van der Waals surface area contributed by atoms with Gasteiger partial charge in [0, 0.05) is 22.7 Å². The van der Waals surface area contributed by atoms with Gasteiger partial charge in [-0.1, -0.05) is 143 Å². The maximum Gasteiger partial charge on any atom is 0.127 e. The lowest BCUT2D eigenvalue weighted by molar-refractivity contribution is 0.467. The van der Waals surface area contributed by atoms with E-state index in [0.717, 1.165) is 22.4 Å². The molecule has 8 rings (SSSR count). The maximum atomic E-state index is 6.69. The summed E-state index contributed by atoms with van der Waals surface area (Å²) in [6.07, 6.45) is 1.20. The smallest absolute Gasteiger partial charge is 0.127 e. The molecule has 4 heteroatoms. The number of aliphatic imine (C=N–C) groups is 1. The first kappa shape index (κ1) is 31.0. The third kappa shape index (κ3) is 5.29. The first-order chi connectivity index (χ1) is 23.7. The molecular weight excluding hydrogens is 597 g/mol. The minimum Gasteiger partial charge on any atom is -0.312 e. The van der Waals surface area contributed by atoms with E-state index < -0.39 is 0 Å². The van der Waals surface area contributed by atoms with Crippen molar-refractivity contribution >= 4 is 23.3 Å². The molecular formula is C45H42N4. The van der Waals surface area contributed by atoms with Gasteiger partial charge in [-0.15, -0.1) is 0 Å². The van der Waals surface area contributed by atoms with Crippen LogP contribution in [0.15, 0.2) is 151 Å². The van der Waals surface area contributed by atoms with Crippen molar-refractivity contribution in [3.63, 3.8) is 0 Å². The van der Waals surface area contributed by atoms with Crippen molar-refractivity contribution < 1.29 is 0 Å². The van der Waals surface area contributed by atoms with Crippen LogP contribution in [-0.4, -0.2) is 6.21 Å². The zero-order valence-corrected chi connectivity index (χ0v) is 28.6. The van der Waals surface area contributed by atoms with E-state index in [1.807, 2.05) is 54.7 Å². The first-order valence-corrected chi connectivity index (χ1v) is 17.2. The second-order valence-electron chi connectivity index (χ2n) is 14.3. The zero-order chi connectivity index (χ0) is 33.8. The van der Waals surface area contributed by atoms with Gasteiger partial charge in [0.15, 0.2) is 0 Å². The van der Waals surface area contributed by atoms with E-state index >= 15 is 0 Å². The van der Waals surface area contributed by atoms with Gasteiger partial charge in [-0.3, -0.25) is 10.3 Å². The standard InChI is InChI=1S/C45H42N4/c1-44(2)36-20-12-11-19-34(36)35-27-39-41(28-38(35)44)49(40-22-14-13-21-37(40)45(39,3)4)33-25-23-32(24-26-33)43(47-29-30-15-7-5-8-16-30)48-42(46)31-17-9-6-10-18-31/h5-29,42-43,48H,46H2,1-4H3. The first-order valence-electron chi connectivity index (χ1n) is 17.2. The van der Waals surface area contributed by atoms with Gasteiger partial charge in [-0.2, -0.15) is 0 Å². The molecule has 6 aromatic carbocycles. The largest absolute Gasteiger partial charge is 0.312 e. The molecule has 0 fully saturated rings. The summed E-state index contributed by atoms with van der Waals surface area (Å²) in [6, 6.07) is 51.8. The van der Waals surface area contributed by atoms with Gasteiger partial charge in [0.1, 0.15) is 6.17 Å². The SMILES string of the molecule is CC1(C)c2ccccc2-c2cc3c(cc21)N(c1ccc(C(N=Cc2ccccc2)NC(N)c2ccccc2)cc1)c1ccccc1C3(C)C. The third-order valence-corrected chi connectivity index (χ3v) is 10.6. The molecule has 2 unspecified atom stereocenters. The number of benzene rings is 6. The van der Waals surface area contributed by atoms with Crippen LogP contribution in [0.2, 0.25) is 0 Å². The fraction of sp³-hybridized carbons (Fsp3) is 0.178. The number of hydrogen-bond donors (Lipinski definition) is 2. The van der Waals surface area contributed by atoms with Crippen molar-refractivity contribution in [2.75, 3.05) is 4.90 Å². The topological polar surface area (TPSA) is 53.6 Å². The van der Waals surface area contributed by atoms with Crippen LogP contribution in [0.3, 0.4) is 0 Å². The van der Waals surface area contributed by atoms with Crippen LogP contribution in [0.25, 0.3) is 11.1 Å². The molecule has 6 aromatic rings. The van der Waals surface area contributed by atoms with Crippen LogP contribution in [0.4, 0.5) is 17.1 Å². The van der Waals surface area contributed by atoms with E-state index in [1.165, 1.54) is 44.8 Å². The Labute approximate surface area is 290 Å². The molecule has 0 bridgehead atoms. The van der Waals surface area contributed by atoms with E-state index in [-0.39, 0.29) is 23.2 Å². The molecule has 49 heavy (non-hydrogen) atoms.